The molecule has 120 valence electrons. The van der Waals surface area contributed by atoms with E-state index in [-0.39, 0.29) is 23.3 Å². The average Bonchev–Trinajstić information content (AvgIpc) is 2.84. The fourth-order valence-corrected chi connectivity index (χ4v) is 4.74. The van der Waals surface area contributed by atoms with Crippen LogP contribution in [-0.4, -0.2) is 45.6 Å². The summed E-state index contributed by atoms with van der Waals surface area (Å²) in [6, 6.07) is 3.11. The van der Waals surface area contributed by atoms with Crippen LogP contribution in [0.25, 0.3) is 0 Å². The van der Waals surface area contributed by atoms with Gasteiger partial charge in [-0.3, -0.25) is 4.79 Å². The fourth-order valence-electron chi connectivity index (χ4n) is 2.61. The van der Waals surface area contributed by atoms with Gasteiger partial charge in [-0.1, -0.05) is 11.6 Å². The summed E-state index contributed by atoms with van der Waals surface area (Å²) in [6.07, 6.45) is 0.588. The molecular weight excluding hydrogens is 330 g/mol. The Morgan fingerprint density at radius 3 is 2.82 bits per heavy atom. The number of benzene rings is 1. The first-order valence-electron chi connectivity index (χ1n) is 7.02. The van der Waals surface area contributed by atoms with Crippen LogP contribution in [0.3, 0.4) is 0 Å². The van der Waals surface area contributed by atoms with Crippen LogP contribution >= 0.6 is 11.6 Å². The second kappa shape index (κ2) is 5.96. The largest absolute Gasteiger partial charge is 0.486 e. The van der Waals surface area contributed by atoms with Crippen molar-refractivity contribution >= 4 is 27.3 Å². The molecule has 1 aromatic rings. The number of carbonyl (C=O) groups is 1. The molecule has 1 N–H and O–H groups in total. The van der Waals surface area contributed by atoms with Crippen LogP contribution in [-0.2, 0) is 9.84 Å². The molecule has 0 bridgehead atoms. The molecule has 1 amide bonds. The lowest BCUT2D eigenvalue weighted by Crippen LogP contribution is -2.30. The zero-order chi connectivity index (χ0) is 15.7. The van der Waals surface area contributed by atoms with Gasteiger partial charge in [0.15, 0.2) is 21.3 Å². The lowest BCUT2D eigenvalue weighted by molar-refractivity contribution is 0.0947. The van der Waals surface area contributed by atoms with Gasteiger partial charge < -0.3 is 14.8 Å². The van der Waals surface area contributed by atoms with Crippen molar-refractivity contribution in [2.75, 3.05) is 31.3 Å². The van der Waals surface area contributed by atoms with E-state index in [9.17, 15) is 13.2 Å². The fraction of sp³-hybridized carbons (Fsp3) is 0.500. The van der Waals surface area contributed by atoms with E-state index < -0.39 is 9.84 Å². The number of sulfone groups is 1. The van der Waals surface area contributed by atoms with Crippen LogP contribution in [0.4, 0.5) is 0 Å². The summed E-state index contributed by atoms with van der Waals surface area (Å²) in [5.74, 6) is 0.905. The number of halogens is 1. The summed E-state index contributed by atoms with van der Waals surface area (Å²) in [7, 11) is -2.94. The lowest BCUT2D eigenvalue weighted by atomic mass is 10.1. The van der Waals surface area contributed by atoms with E-state index in [0.29, 0.717) is 48.3 Å². The Balaban J connectivity index is 1.66. The molecule has 1 saturated heterocycles. The van der Waals surface area contributed by atoms with Crippen molar-refractivity contribution in [2.45, 2.75) is 6.42 Å². The summed E-state index contributed by atoms with van der Waals surface area (Å²) in [5, 5.41) is 3.08. The third kappa shape index (κ3) is 3.30. The number of fused-ring (bicyclic) bond motifs is 1. The molecule has 0 aliphatic carbocycles. The molecule has 3 rings (SSSR count). The zero-order valence-corrected chi connectivity index (χ0v) is 13.4. The number of carbonyl (C=O) groups excluding carboxylic acids is 1. The number of rotatable bonds is 3. The summed E-state index contributed by atoms with van der Waals surface area (Å²) in [5.41, 5.74) is 0.370. The monoisotopic (exact) mass is 345 g/mol. The predicted molar refractivity (Wildman–Crippen MR) is 81.5 cm³/mol. The molecule has 0 aromatic heterocycles. The number of ether oxygens (including phenoxy) is 2. The van der Waals surface area contributed by atoms with E-state index in [4.69, 9.17) is 21.1 Å². The van der Waals surface area contributed by atoms with Crippen molar-refractivity contribution in [3.8, 4) is 11.5 Å². The van der Waals surface area contributed by atoms with E-state index in [0.717, 1.165) is 0 Å². The first-order chi connectivity index (χ1) is 10.4. The van der Waals surface area contributed by atoms with Gasteiger partial charge in [0, 0.05) is 12.1 Å². The molecule has 1 fully saturated rings. The maximum atomic E-state index is 12.2. The van der Waals surface area contributed by atoms with Crippen LogP contribution in [0.1, 0.15) is 16.8 Å². The molecule has 6 nitrogen and oxygen atoms in total. The summed E-state index contributed by atoms with van der Waals surface area (Å²) in [6.45, 7) is 1.17. The van der Waals surface area contributed by atoms with Crippen molar-refractivity contribution in [3.05, 3.63) is 22.7 Å². The average molecular weight is 346 g/mol. The van der Waals surface area contributed by atoms with Gasteiger partial charge in [0.1, 0.15) is 13.2 Å². The molecule has 8 heteroatoms. The van der Waals surface area contributed by atoms with Crippen LogP contribution in [0, 0.1) is 5.92 Å². The van der Waals surface area contributed by atoms with Crippen LogP contribution in [0.5, 0.6) is 11.5 Å². The molecule has 0 radical (unpaired) electrons. The molecule has 1 aromatic carbocycles. The smallest absolute Gasteiger partial charge is 0.251 e. The summed E-state index contributed by atoms with van der Waals surface area (Å²) < 4.78 is 33.6. The highest BCUT2D eigenvalue weighted by Gasteiger charge is 2.28. The predicted octanol–water partition coefficient (Wildman–Crippen LogP) is 1.28. The normalized spacial score (nSPS) is 22.3. The highest BCUT2D eigenvalue weighted by molar-refractivity contribution is 7.91. The van der Waals surface area contributed by atoms with Gasteiger partial charge in [-0.25, -0.2) is 8.42 Å². The first-order valence-corrected chi connectivity index (χ1v) is 9.22. The van der Waals surface area contributed by atoms with Gasteiger partial charge in [-0.05, 0) is 24.5 Å². The molecule has 0 saturated carbocycles. The van der Waals surface area contributed by atoms with Crippen molar-refractivity contribution < 1.29 is 22.7 Å². The lowest BCUT2D eigenvalue weighted by Gasteiger charge is -2.20. The van der Waals surface area contributed by atoms with Crippen LogP contribution in [0.2, 0.25) is 5.02 Å². The Bertz CT molecular complexity index is 703. The minimum Gasteiger partial charge on any atom is -0.486 e. The van der Waals surface area contributed by atoms with Crippen molar-refractivity contribution in [3.63, 3.8) is 0 Å². The molecule has 0 spiro atoms. The highest BCUT2D eigenvalue weighted by Crippen LogP contribution is 2.38. The zero-order valence-electron chi connectivity index (χ0n) is 11.8. The van der Waals surface area contributed by atoms with E-state index in [2.05, 4.69) is 5.32 Å². The van der Waals surface area contributed by atoms with Gasteiger partial charge >= 0.3 is 0 Å². The van der Waals surface area contributed by atoms with E-state index in [1.54, 1.807) is 6.07 Å². The van der Waals surface area contributed by atoms with Crippen molar-refractivity contribution in [1.82, 2.24) is 5.32 Å². The first kappa shape index (κ1) is 15.4. The third-order valence-corrected chi connectivity index (χ3v) is 5.85. The maximum absolute atomic E-state index is 12.2. The topological polar surface area (TPSA) is 81.7 Å². The molecule has 2 aliphatic rings. The van der Waals surface area contributed by atoms with Crippen molar-refractivity contribution in [2.24, 2.45) is 5.92 Å². The quantitative estimate of drug-likeness (QED) is 0.892. The Hall–Kier alpha value is -1.47. The number of hydrogen-bond donors (Lipinski definition) is 1. The van der Waals surface area contributed by atoms with E-state index in [1.165, 1.54) is 6.07 Å². The third-order valence-electron chi connectivity index (χ3n) is 3.74. The molecule has 2 aliphatic heterocycles. The van der Waals surface area contributed by atoms with Crippen LogP contribution in [0.15, 0.2) is 12.1 Å². The number of amides is 1. The Labute approximate surface area is 133 Å². The van der Waals surface area contributed by atoms with Gasteiger partial charge in [0.25, 0.3) is 5.91 Å². The highest BCUT2D eigenvalue weighted by atomic mass is 35.5. The van der Waals surface area contributed by atoms with E-state index >= 15 is 0 Å². The minimum atomic E-state index is -2.94. The minimum absolute atomic E-state index is 0.0263. The SMILES string of the molecule is O=C(NCC1CCS(=O)(=O)C1)c1cc(Cl)c2c(c1)OCCO2. The second-order valence-electron chi connectivity index (χ2n) is 5.46. The molecule has 1 atom stereocenters. The van der Waals surface area contributed by atoms with E-state index in [1.807, 2.05) is 0 Å². The Kier molecular flexibility index (Phi) is 4.18. The Morgan fingerprint density at radius 2 is 2.09 bits per heavy atom. The molecule has 2 heterocycles. The van der Waals surface area contributed by atoms with Gasteiger partial charge in [0.2, 0.25) is 0 Å². The van der Waals surface area contributed by atoms with Crippen molar-refractivity contribution in [1.29, 1.82) is 0 Å². The maximum Gasteiger partial charge on any atom is 0.251 e. The number of hydrogen-bond acceptors (Lipinski definition) is 5. The van der Waals surface area contributed by atoms with Crippen LogP contribution < -0.4 is 14.8 Å². The van der Waals surface area contributed by atoms with Gasteiger partial charge in [-0.15, -0.1) is 0 Å². The Morgan fingerprint density at radius 1 is 1.32 bits per heavy atom. The van der Waals surface area contributed by atoms with Gasteiger partial charge in [-0.2, -0.15) is 0 Å². The van der Waals surface area contributed by atoms with Gasteiger partial charge in [0.05, 0.1) is 16.5 Å². The summed E-state index contributed by atoms with van der Waals surface area (Å²) >= 11 is 6.09. The second-order valence-corrected chi connectivity index (χ2v) is 8.10. The molecule has 1 unspecified atom stereocenters. The standard InChI is InChI=1S/C14H16ClNO5S/c15-11-5-10(6-12-13(11)21-3-2-20-12)14(17)16-7-9-1-4-22(18,19)8-9/h5-6,9H,1-4,7-8H2,(H,16,17). The molecule has 22 heavy (non-hydrogen) atoms. The molecular formula is C14H16ClNO5S. The summed E-state index contributed by atoms with van der Waals surface area (Å²) in [4.78, 5) is 12.2. The number of nitrogens with one attached hydrogen (secondary N) is 1.